The normalized spacial score (nSPS) is 9.93. The molecule has 2 aromatic rings. The van der Waals surface area contributed by atoms with E-state index in [4.69, 9.17) is 5.26 Å². The van der Waals surface area contributed by atoms with Crippen molar-refractivity contribution < 1.29 is 0 Å². The zero-order chi connectivity index (χ0) is 10.8. The van der Waals surface area contributed by atoms with Crippen molar-refractivity contribution in [3.05, 3.63) is 35.5 Å². The summed E-state index contributed by atoms with van der Waals surface area (Å²) in [5.41, 5.74) is 3.27. The molecule has 0 spiro atoms. The fourth-order valence-corrected chi connectivity index (χ4v) is 1.47. The molecule has 4 heteroatoms. The number of hydrogen-bond acceptors (Lipinski definition) is 3. The molecule has 0 radical (unpaired) electrons. The van der Waals surface area contributed by atoms with Crippen LogP contribution < -0.4 is 0 Å². The fourth-order valence-electron chi connectivity index (χ4n) is 1.47. The highest BCUT2D eigenvalue weighted by molar-refractivity contribution is 5.64. The van der Waals surface area contributed by atoms with Crippen molar-refractivity contribution in [3.63, 3.8) is 0 Å². The zero-order valence-corrected chi connectivity index (χ0v) is 8.60. The molecule has 0 atom stereocenters. The predicted molar refractivity (Wildman–Crippen MR) is 55.9 cm³/mol. The molecule has 15 heavy (non-hydrogen) atoms. The van der Waals surface area contributed by atoms with Gasteiger partial charge in [-0.25, -0.2) is 4.68 Å². The third-order valence-electron chi connectivity index (χ3n) is 2.26. The van der Waals surface area contributed by atoms with E-state index >= 15 is 0 Å². The van der Waals surface area contributed by atoms with Crippen LogP contribution in [0.5, 0.6) is 0 Å². The molecule has 0 saturated heterocycles. The Kier molecular flexibility index (Phi) is 2.22. The monoisotopic (exact) mass is 198 g/mol. The summed E-state index contributed by atoms with van der Waals surface area (Å²) in [6.45, 7) is 2.02. The van der Waals surface area contributed by atoms with Gasteiger partial charge in [-0.15, -0.1) is 5.10 Å². The lowest BCUT2D eigenvalue weighted by Crippen LogP contribution is -1.94. The maximum Gasteiger partial charge on any atom is 0.190 e. The number of aromatic nitrogens is 3. The van der Waals surface area contributed by atoms with E-state index in [1.165, 1.54) is 5.56 Å². The minimum atomic E-state index is 0.362. The second-order valence-electron chi connectivity index (χ2n) is 3.39. The molecular formula is C11H10N4. The Morgan fingerprint density at radius 2 is 1.93 bits per heavy atom. The van der Waals surface area contributed by atoms with Crippen LogP contribution in [0.3, 0.4) is 0 Å². The summed E-state index contributed by atoms with van der Waals surface area (Å²) < 4.78 is 1.61. The van der Waals surface area contributed by atoms with Gasteiger partial charge in [0.15, 0.2) is 5.69 Å². The smallest absolute Gasteiger partial charge is 0.190 e. The average Bonchev–Trinajstić information content (AvgIpc) is 2.61. The first-order chi connectivity index (χ1) is 7.22. The summed E-state index contributed by atoms with van der Waals surface area (Å²) in [7, 11) is 1.78. The van der Waals surface area contributed by atoms with E-state index in [0.29, 0.717) is 5.69 Å². The Bertz CT molecular complexity index is 517. The number of aryl methyl sites for hydroxylation is 2. The lowest BCUT2D eigenvalue weighted by atomic mass is 10.1. The van der Waals surface area contributed by atoms with Gasteiger partial charge in [-0.05, 0) is 6.92 Å². The van der Waals surface area contributed by atoms with Crippen LogP contribution in [0.15, 0.2) is 24.3 Å². The van der Waals surface area contributed by atoms with Crippen molar-refractivity contribution in [2.24, 2.45) is 7.05 Å². The Morgan fingerprint density at radius 3 is 2.53 bits per heavy atom. The second-order valence-corrected chi connectivity index (χ2v) is 3.39. The van der Waals surface area contributed by atoms with E-state index in [0.717, 1.165) is 11.3 Å². The second kappa shape index (κ2) is 3.54. The molecule has 0 fully saturated rings. The number of rotatable bonds is 1. The number of nitriles is 1. The van der Waals surface area contributed by atoms with Crippen molar-refractivity contribution in [2.45, 2.75) is 6.92 Å². The number of hydrogen-bond donors (Lipinski definition) is 0. The van der Waals surface area contributed by atoms with E-state index in [2.05, 4.69) is 10.3 Å². The molecule has 0 aliphatic rings. The molecule has 0 saturated carbocycles. The SMILES string of the molecule is Cc1ccc(-c2c(C#N)nnn2C)cc1. The molecule has 4 nitrogen and oxygen atoms in total. The Morgan fingerprint density at radius 1 is 1.27 bits per heavy atom. The Labute approximate surface area is 87.8 Å². The molecule has 0 amide bonds. The van der Waals surface area contributed by atoms with Gasteiger partial charge in [-0.3, -0.25) is 0 Å². The van der Waals surface area contributed by atoms with Gasteiger partial charge < -0.3 is 0 Å². The predicted octanol–water partition coefficient (Wildman–Crippen LogP) is 1.66. The molecule has 0 aliphatic heterocycles. The van der Waals surface area contributed by atoms with Crippen LogP contribution in [0, 0.1) is 18.3 Å². The van der Waals surface area contributed by atoms with Gasteiger partial charge in [0.2, 0.25) is 0 Å². The first-order valence-corrected chi connectivity index (χ1v) is 4.59. The molecule has 2 rings (SSSR count). The third-order valence-corrected chi connectivity index (χ3v) is 2.26. The van der Waals surface area contributed by atoms with E-state index < -0.39 is 0 Å². The van der Waals surface area contributed by atoms with Crippen molar-refractivity contribution in [1.29, 1.82) is 5.26 Å². The summed E-state index contributed by atoms with van der Waals surface area (Å²) in [6.07, 6.45) is 0. The standard InChI is InChI=1S/C11H10N4/c1-8-3-5-9(6-4-8)11-10(7-12)13-14-15(11)2/h3-6H,1-2H3. The van der Waals surface area contributed by atoms with Gasteiger partial charge in [-0.2, -0.15) is 5.26 Å². The first kappa shape index (κ1) is 9.41. The van der Waals surface area contributed by atoms with Crippen LogP contribution >= 0.6 is 0 Å². The van der Waals surface area contributed by atoms with Crippen molar-refractivity contribution >= 4 is 0 Å². The van der Waals surface area contributed by atoms with E-state index in [9.17, 15) is 0 Å². The van der Waals surface area contributed by atoms with Gasteiger partial charge in [0, 0.05) is 12.6 Å². The highest BCUT2D eigenvalue weighted by Crippen LogP contribution is 2.21. The van der Waals surface area contributed by atoms with Crippen molar-refractivity contribution in [1.82, 2.24) is 15.0 Å². The van der Waals surface area contributed by atoms with Gasteiger partial charge >= 0.3 is 0 Å². The first-order valence-electron chi connectivity index (χ1n) is 4.59. The van der Waals surface area contributed by atoms with Gasteiger partial charge in [0.1, 0.15) is 11.8 Å². The lowest BCUT2D eigenvalue weighted by molar-refractivity contribution is 0.720. The van der Waals surface area contributed by atoms with Crippen molar-refractivity contribution in [2.75, 3.05) is 0 Å². The summed E-state index contributed by atoms with van der Waals surface area (Å²) in [6, 6.07) is 9.98. The zero-order valence-electron chi connectivity index (χ0n) is 8.60. The van der Waals surface area contributed by atoms with Crippen LogP contribution in [-0.2, 0) is 7.05 Å². The van der Waals surface area contributed by atoms with Gasteiger partial charge in [0.05, 0.1) is 0 Å². The van der Waals surface area contributed by atoms with Crippen LogP contribution in [0.25, 0.3) is 11.3 Å². The molecule has 74 valence electrons. The van der Waals surface area contributed by atoms with E-state index in [1.54, 1.807) is 11.7 Å². The molecular weight excluding hydrogens is 188 g/mol. The minimum absolute atomic E-state index is 0.362. The topological polar surface area (TPSA) is 54.5 Å². The van der Waals surface area contributed by atoms with Crippen LogP contribution in [-0.4, -0.2) is 15.0 Å². The summed E-state index contributed by atoms with van der Waals surface area (Å²) in [5, 5.41) is 16.5. The molecule has 1 heterocycles. The Hall–Kier alpha value is -2.15. The fraction of sp³-hybridized carbons (Fsp3) is 0.182. The summed E-state index contributed by atoms with van der Waals surface area (Å²) >= 11 is 0. The number of nitrogens with zero attached hydrogens (tertiary/aromatic N) is 4. The third kappa shape index (κ3) is 1.59. The molecule has 0 N–H and O–H groups in total. The molecule has 0 unspecified atom stereocenters. The maximum atomic E-state index is 8.88. The minimum Gasteiger partial charge on any atom is -0.246 e. The van der Waals surface area contributed by atoms with Gasteiger partial charge in [-0.1, -0.05) is 35.0 Å². The lowest BCUT2D eigenvalue weighted by Gasteiger charge is -2.01. The maximum absolute atomic E-state index is 8.88. The Balaban J connectivity index is 2.59. The van der Waals surface area contributed by atoms with Crippen LogP contribution in [0.2, 0.25) is 0 Å². The highest BCUT2D eigenvalue weighted by Gasteiger charge is 2.11. The molecule has 1 aromatic carbocycles. The molecule has 0 aliphatic carbocycles. The largest absolute Gasteiger partial charge is 0.246 e. The quantitative estimate of drug-likeness (QED) is 0.700. The van der Waals surface area contributed by atoms with Crippen LogP contribution in [0.1, 0.15) is 11.3 Å². The van der Waals surface area contributed by atoms with Crippen LogP contribution in [0.4, 0.5) is 0 Å². The van der Waals surface area contributed by atoms with E-state index in [-0.39, 0.29) is 0 Å². The highest BCUT2D eigenvalue weighted by atomic mass is 15.4. The molecule has 0 bridgehead atoms. The number of benzene rings is 1. The summed E-state index contributed by atoms with van der Waals surface area (Å²) in [5.74, 6) is 0. The summed E-state index contributed by atoms with van der Waals surface area (Å²) in [4.78, 5) is 0. The van der Waals surface area contributed by atoms with E-state index in [1.807, 2.05) is 37.3 Å². The average molecular weight is 198 g/mol. The molecule has 1 aromatic heterocycles. The van der Waals surface area contributed by atoms with Gasteiger partial charge in [0.25, 0.3) is 0 Å². The van der Waals surface area contributed by atoms with Crippen molar-refractivity contribution in [3.8, 4) is 17.3 Å².